The summed E-state index contributed by atoms with van der Waals surface area (Å²) in [7, 11) is -1.52. The van der Waals surface area contributed by atoms with Gasteiger partial charge in [-0.25, -0.2) is 0 Å². The maximum atomic E-state index is 2.95. The van der Waals surface area contributed by atoms with Crippen molar-refractivity contribution in [1.29, 1.82) is 0 Å². The summed E-state index contributed by atoms with van der Waals surface area (Å²) < 4.78 is 3.22. The second-order valence-electron chi connectivity index (χ2n) is 11.3. The topological polar surface area (TPSA) is 0 Å². The molecule has 0 nitrogen and oxygen atoms in total. The summed E-state index contributed by atoms with van der Waals surface area (Å²) in [4.78, 5) is 0. The van der Waals surface area contributed by atoms with Gasteiger partial charge in [0, 0.05) is 0 Å². The van der Waals surface area contributed by atoms with Crippen LogP contribution in [0.15, 0.2) is 0 Å². The van der Waals surface area contributed by atoms with Gasteiger partial charge in [-0.2, -0.15) is 0 Å². The molecule has 0 aliphatic heterocycles. The van der Waals surface area contributed by atoms with E-state index in [4.69, 9.17) is 0 Å². The van der Waals surface area contributed by atoms with E-state index in [1.807, 2.05) is 0 Å². The Hall–Kier alpha value is 2.25. The van der Waals surface area contributed by atoms with Gasteiger partial charge in [0.1, 0.15) is 0 Å². The van der Waals surface area contributed by atoms with Crippen molar-refractivity contribution in [2.24, 2.45) is 0 Å². The Morgan fingerprint density at radius 2 is 0.457 bits per heavy atom. The zero-order valence-corrected chi connectivity index (χ0v) is 31.0. The van der Waals surface area contributed by atoms with Gasteiger partial charge in [0.05, 0.1) is 0 Å². The van der Waals surface area contributed by atoms with E-state index in [-0.39, 0.29) is 0 Å². The first-order valence-corrected chi connectivity index (χ1v) is 33.2. The van der Waals surface area contributed by atoms with Crippen LogP contribution in [0.2, 0.25) is 8.94 Å². The van der Waals surface area contributed by atoms with Gasteiger partial charge in [-0.05, 0) is 0 Å². The van der Waals surface area contributed by atoms with E-state index in [2.05, 4.69) is 51.2 Å². The zero-order valence-electron chi connectivity index (χ0n) is 24.4. The summed E-state index contributed by atoms with van der Waals surface area (Å²) in [5.41, 5.74) is 0. The molecular weight excluding hydrogens is 766 g/mol. The fourth-order valence-corrected chi connectivity index (χ4v) is 17.6. The van der Waals surface area contributed by atoms with Crippen LogP contribution in [0.4, 0.5) is 0 Å². The van der Waals surface area contributed by atoms with E-state index < -0.39 is 10.3 Å². The second kappa shape index (κ2) is 30.8. The van der Waals surface area contributed by atoms with Crippen molar-refractivity contribution in [2.45, 2.75) is 203 Å². The van der Waals surface area contributed by atoms with Gasteiger partial charge in [-0.15, -0.1) is 0 Å². The van der Waals surface area contributed by atoms with Crippen LogP contribution in [0.3, 0.4) is 0 Å². The molecule has 0 aromatic rings. The molecule has 0 amide bonds. The van der Waals surface area contributed by atoms with E-state index >= 15 is 0 Å². The summed E-state index contributed by atoms with van der Waals surface area (Å²) in [6, 6.07) is 0. The van der Waals surface area contributed by atoms with Crippen molar-refractivity contribution in [3.63, 3.8) is 0 Å². The first-order valence-electron chi connectivity index (χ1n) is 16.3. The predicted molar refractivity (Wildman–Crippen MR) is 184 cm³/mol. The minimum Gasteiger partial charge on any atom is -0.0654 e. The van der Waals surface area contributed by atoms with Gasteiger partial charge in [0.2, 0.25) is 0 Å². The van der Waals surface area contributed by atoms with Crippen LogP contribution in [-0.2, 0) is 0 Å². The molecule has 0 bridgehead atoms. The number of hydrogen-bond acceptors (Lipinski definition) is 0. The minimum absolute atomic E-state index is 1.37. The molecule has 0 fully saturated rings. The summed E-state index contributed by atoms with van der Waals surface area (Å²) in [5.74, 6) is 0. The van der Waals surface area contributed by atoms with Gasteiger partial charge in [-0.3, -0.25) is 0 Å². The molecule has 0 spiro atoms. The molecule has 0 saturated heterocycles. The maximum absolute atomic E-state index is 2.95. The third kappa shape index (κ3) is 32.4. The van der Waals surface area contributed by atoms with E-state index in [1.165, 1.54) is 180 Å². The monoisotopic (exact) mass is 834 g/mol. The molecule has 0 aliphatic carbocycles. The first-order chi connectivity index (χ1) is 17.1. The van der Waals surface area contributed by atoms with Crippen molar-refractivity contribution < 1.29 is 0 Å². The average Bonchev–Trinajstić information content (AvgIpc) is 2.84. The molecule has 3 heteroatoms. The SMILES string of the molecule is CCCCCCCCCCCCCCCC[Te](I)(I)CCCCCCCCCCCCCCCC. The molecule has 0 aromatic heterocycles. The van der Waals surface area contributed by atoms with Crippen molar-refractivity contribution in [1.82, 2.24) is 0 Å². The van der Waals surface area contributed by atoms with Crippen molar-refractivity contribution in [2.75, 3.05) is 0 Å². The fraction of sp³-hybridized carbons (Fsp3) is 1.00. The molecule has 0 saturated carbocycles. The van der Waals surface area contributed by atoms with Gasteiger partial charge < -0.3 is 0 Å². The standard InChI is InChI=1S/C32H66I2Te/c1-3-5-7-9-11-13-15-17-19-21-23-25-27-29-31-35(33,34)32-30-28-26-24-22-20-18-16-14-12-10-8-6-4-2/h3-32H2,1-2H3. The van der Waals surface area contributed by atoms with E-state index in [9.17, 15) is 0 Å². The van der Waals surface area contributed by atoms with Crippen LogP contribution in [-0.4, -0.2) is 10.3 Å². The van der Waals surface area contributed by atoms with Gasteiger partial charge in [0.25, 0.3) is 0 Å². The van der Waals surface area contributed by atoms with Crippen LogP contribution < -0.4 is 0 Å². The molecule has 0 atom stereocenters. The predicted octanol–water partition coefficient (Wildman–Crippen LogP) is 14.3. The van der Waals surface area contributed by atoms with E-state index in [0.29, 0.717) is 0 Å². The molecule has 214 valence electrons. The zero-order chi connectivity index (χ0) is 25.7. The van der Waals surface area contributed by atoms with Gasteiger partial charge in [0.15, 0.2) is 0 Å². The van der Waals surface area contributed by atoms with Crippen molar-refractivity contribution >= 4 is 47.7 Å². The molecule has 0 N–H and O–H groups in total. The Bertz CT molecular complexity index is 352. The fourth-order valence-electron chi connectivity index (χ4n) is 5.12. The Balaban J connectivity index is 3.28. The smallest absolute Gasteiger partial charge is 0.0654 e. The Morgan fingerprint density at radius 1 is 0.286 bits per heavy atom. The Kier molecular flexibility index (Phi) is 32.8. The van der Waals surface area contributed by atoms with E-state index in [0.717, 1.165) is 0 Å². The number of unbranched alkanes of at least 4 members (excludes halogenated alkanes) is 26. The second-order valence-corrected chi connectivity index (χ2v) is 51.5. The molecule has 0 aliphatic rings. The number of hydrogen-bond donors (Lipinski definition) is 0. The average molecular weight is 832 g/mol. The molecule has 0 heterocycles. The Labute approximate surface area is 247 Å². The molecule has 0 unspecified atom stereocenters. The number of halogens is 2. The third-order valence-corrected chi connectivity index (χ3v) is 24.5. The molecule has 0 aromatic carbocycles. The van der Waals surface area contributed by atoms with Crippen molar-refractivity contribution in [3.8, 4) is 0 Å². The summed E-state index contributed by atoms with van der Waals surface area (Å²) >= 11 is 5.89. The summed E-state index contributed by atoms with van der Waals surface area (Å²) in [6.45, 7) is 4.62. The number of rotatable bonds is 30. The first kappa shape index (κ1) is 37.2. The van der Waals surface area contributed by atoms with Crippen LogP contribution in [0.1, 0.15) is 194 Å². The summed E-state index contributed by atoms with van der Waals surface area (Å²) in [6.07, 6.45) is 41.5. The Morgan fingerprint density at radius 3 is 0.657 bits per heavy atom. The third-order valence-electron chi connectivity index (χ3n) is 7.59. The molecule has 0 radical (unpaired) electrons. The minimum atomic E-state index is -1.52. The quantitative estimate of drug-likeness (QED) is 0.0384. The summed E-state index contributed by atoms with van der Waals surface area (Å²) in [5, 5.41) is 0. The molecule has 35 heavy (non-hydrogen) atoms. The van der Waals surface area contributed by atoms with Gasteiger partial charge >= 0.3 is 198 Å². The molecule has 0 rings (SSSR count). The van der Waals surface area contributed by atoms with E-state index in [1.54, 1.807) is 8.94 Å². The van der Waals surface area contributed by atoms with Crippen molar-refractivity contribution in [3.05, 3.63) is 0 Å². The van der Waals surface area contributed by atoms with Crippen LogP contribution in [0.25, 0.3) is 0 Å². The van der Waals surface area contributed by atoms with Crippen LogP contribution in [0.5, 0.6) is 0 Å². The van der Waals surface area contributed by atoms with Crippen LogP contribution >= 0.6 is 37.4 Å². The normalized spacial score (nSPS) is 12.5. The van der Waals surface area contributed by atoms with Crippen LogP contribution in [0, 0.1) is 0 Å². The van der Waals surface area contributed by atoms with Gasteiger partial charge in [-0.1, -0.05) is 52.4 Å². The molecular formula is C32H66I2Te.